The summed E-state index contributed by atoms with van der Waals surface area (Å²) >= 11 is 0. The van der Waals surface area contributed by atoms with Crippen LogP contribution in [-0.4, -0.2) is 45.3 Å². The molecular formula is C28H35NO4. The van der Waals surface area contributed by atoms with Gasteiger partial charge in [0.1, 0.15) is 5.75 Å². The van der Waals surface area contributed by atoms with Crippen molar-refractivity contribution in [3.05, 3.63) is 65.2 Å². The summed E-state index contributed by atoms with van der Waals surface area (Å²) < 4.78 is 0. The topological polar surface area (TPSA) is 81.0 Å². The van der Waals surface area contributed by atoms with Crippen LogP contribution in [-0.2, 0) is 16.6 Å². The third kappa shape index (κ3) is 4.41. The minimum atomic E-state index is -1.41. The van der Waals surface area contributed by atoms with Crippen LogP contribution in [0.4, 0.5) is 0 Å². The quantitative estimate of drug-likeness (QED) is 0.632. The number of aromatic hydroxyl groups is 1. The molecule has 0 radical (unpaired) electrons. The number of aliphatic hydroxyl groups is 1. The van der Waals surface area contributed by atoms with E-state index in [1.165, 1.54) is 75.6 Å². The first-order valence-corrected chi connectivity index (χ1v) is 12.5. The summed E-state index contributed by atoms with van der Waals surface area (Å²) in [6.07, 6.45) is 9.59. The first-order chi connectivity index (χ1) is 16.0. The number of hydrogen-bond acceptors (Lipinski definition) is 4. The molecule has 2 bridgehead atoms. The maximum atomic E-state index is 10.2. The van der Waals surface area contributed by atoms with Crippen LogP contribution in [0.5, 0.6) is 5.75 Å². The number of aliphatic hydroxyl groups excluding tert-OH is 1. The number of aliphatic carboxylic acids is 1. The van der Waals surface area contributed by atoms with Gasteiger partial charge in [-0.2, -0.15) is 0 Å². The average molecular weight is 450 g/mol. The highest BCUT2D eigenvalue weighted by Gasteiger charge is 2.54. The molecule has 3 N–H and O–H groups in total. The molecule has 3 aliphatic carbocycles. The van der Waals surface area contributed by atoms with E-state index in [2.05, 4.69) is 17.0 Å². The highest BCUT2D eigenvalue weighted by Crippen LogP contribution is 2.56. The molecule has 3 fully saturated rings. The van der Waals surface area contributed by atoms with Crippen LogP contribution in [0.3, 0.4) is 0 Å². The van der Waals surface area contributed by atoms with Gasteiger partial charge < -0.3 is 15.3 Å². The summed E-state index contributed by atoms with van der Waals surface area (Å²) in [5.74, 6) is 1.08. The number of nitrogens with zero attached hydrogens (tertiary/aromatic N) is 1. The predicted molar refractivity (Wildman–Crippen MR) is 127 cm³/mol. The van der Waals surface area contributed by atoms with Crippen LogP contribution < -0.4 is 0 Å². The first kappa shape index (κ1) is 22.4. The number of carboxylic acids is 1. The van der Waals surface area contributed by atoms with Crippen molar-refractivity contribution in [1.82, 2.24) is 4.90 Å². The Hall–Kier alpha value is -2.37. The maximum absolute atomic E-state index is 10.2. The van der Waals surface area contributed by atoms with E-state index in [4.69, 9.17) is 10.2 Å². The predicted octanol–water partition coefficient (Wildman–Crippen LogP) is 4.67. The molecule has 5 heteroatoms. The average Bonchev–Trinajstić information content (AvgIpc) is 3.66. The number of carbonyl (C=O) groups is 1. The third-order valence-corrected chi connectivity index (χ3v) is 8.47. The Balaban J connectivity index is 0.000000177. The van der Waals surface area contributed by atoms with E-state index in [0.29, 0.717) is 16.7 Å². The Morgan fingerprint density at radius 1 is 1.06 bits per heavy atom. The zero-order chi connectivity index (χ0) is 23.0. The standard InChI is InChI=1S/C20H27NO.C8H8O3/c22-16-7-6-15-11-19-17-3-1-2-8-20(17,18(15)12-16)9-10-21(19)13-14-4-5-14;9-7(8(10)11)6-4-2-1-3-5-6/h6-7,12,14,17,19,22H,1-5,8-11,13H2;1-5,7,9H,(H,10,11)/t17-,19-,20+;7-/m10/s1. The molecule has 0 spiro atoms. The molecule has 2 saturated carbocycles. The highest BCUT2D eigenvalue weighted by molar-refractivity contribution is 5.73. The van der Waals surface area contributed by atoms with E-state index in [9.17, 15) is 9.90 Å². The van der Waals surface area contributed by atoms with Crippen molar-refractivity contribution in [3.63, 3.8) is 0 Å². The largest absolute Gasteiger partial charge is 0.508 e. The van der Waals surface area contributed by atoms with Gasteiger partial charge in [0, 0.05) is 18.0 Å². The first-order valence-electron chi connectivity index (χ1n) is 12.5. The van der Waals surface area contributed by atoms with Crippen molar-refractivity contribution in [3.8, 4) is 5.75 Å². The Morgan fingerprint density at radius 2 is 1.85 bits per heavy atom. The van der Waals surface area contributed by atoms with Gasteiger partial charge in [0.15, 0.2) is 6.10 Å². The third-order valence-electron chi connectivity index (χ3n) is 8.47. The van der Waals surface area contributed by atoms with Crippen LogP contribution >= 0.6 is 0 Å². The van der Waals surface area contributed by atoms with Gasteiger partial charge in [-0.05, 0) is 85.7 Å². The van der Waals surface area contributed by atoms with E-state index in [0.717, 1.165) is 17.9 Å². The molecule has 1 saturated heterocycles. The highest BCUT2D eigenvalue weighted by atomic mass is 16.4. The van der Waals surface area contributed by atoms with Crippen molar-refractivity contribution in [2.24, 2.45) is 11.8 Å². The number of benzene rings is 2. The summed E-state index contributed by atoms with van der Waals surface area (Å²) in [5, 5.41) is 27.4. The van der Waals surface area contributed by atoms with Gasteiger partial charge in [-0.15, -0.1) is 0 Å². The fourth-order valence-corrected chi connectivity index (χ4v) is 6.71. The molecule has 4 aliphatic rings. The van der Waals surface area contributed by atoms with Crippen LogP contribution in [0, 0.1) is 11.8 Å². The van der Waals surface area contributed by atoms with E-state index < -0.39 is 12.1 Å². The Bertz CT molecular complexity index is 989. The summed E-state index contributed by atoms with van der Waals surface area (Å²) in [6, 6.07) is 15.3. The van der Waals surface area contributed by atoms with Crippen LogP contribution in [0.2, 0.25) is 0 Å². The normalized spacial score (nSPS) is 29.1. The molecule has 1 heterocycles. The zero-order valence-corrected chi connectivity index (χ0v) is 19.2. The summed E-state index contributed by atoms with van der Waals surface area (Å²) in [7, 11) is 0. The molecule has 0 aromatic heterocycles. The second-order valence-corrected chi connectivity index (χ2v) is 10.5. The fourth-order valence-electron chi connectivity index (χ4n) is 6.71. The number of likely N-dealkylation sites (tertiary alicyclic amines) is 1. The van der Waals surface area contributed by atoms with Gasteiger partial charge in [-0.1, -0.05) is 49.2 Å². The lowest BCUT2D eigenvalue weighted by atomic mass is 9.52. The SMILES string of the molecule is O=C(O)[C@@H](O)c1ccccc1.Oc1ccc2c(c1)[C@]13CCCC[C@@H]1[C@@H](C2)N(CC1CC1)CC3. The number of phenolic OH excluding ortho intramolecular Hbond substituents is 1. The van der Waals surface area contributed by atoms with Gasteiger partial charge in [0.2, 0.25) is 0 Å². The molecule has 33 heavy (non-hydrogen) atoms. The van der Waals surface area contributed by atoms with Gasteiger partial charge in [-0.3, -0.25) is 4.90 Å². The maximum Gasteiger partial charge on any atom is 0.337 e. The molecular weight excluding hydrogens is 414 g/mol. The van der Waals surface area contributed by atoms with Crippen molar-refractivity contribution in [1.29, 1.82) is 0 Å². The number of piperidine rings is 1. The summed E-state index contributed by atoms with van der Waals surface area (Å²) in [4.78, 5) is 13.1. The minimum Gasteiger partial charge on any atom is -0.508 e. The van der Waals surface area contributed by atoms with Crippen LogP contribution in [0.25, 0.3) is 0 Å². The molecule has 2 aromatic carbocycles. The Morgan fingerprint density at radius 3 is 2.58 bits per heavy atom. The van der Waals surface area contributed by atoms with E-state index in [1.54, 1.807) is 30.3 Å². The fraction of sp³-hybridized carbons (Fsp3) is 0.536. The van der Waals surface area contributed by atoms with Crippen molar-refractivity contribution in [2.75, 3.05) is 13.1 Å². The van der Waals surface area contributed by atoms with Crippen molar-refractivity contribution >= 4 is 5.97 Å². The molecule has 0 amide bonds. The molecule has 5 nitrogen and oxygen atoms in total. The van der Waals surface area contributed by atoms with Gasteiger partial charge in [-0.25, -0.2) is 4.79 Å². The molecule has 4 atom stereocenters. The molecule has 6 rings (SSSR count). The smallest absolute Gasteiger partial charge is 0.337 e. The van der Waals surface area contributed by atoms with E-state index in [-0.39, 0.29) is 0 Å². The summed E-state index contributed by atoms with van der Waals surface area (Å²) in [5.41, 5.74) is 3.83. The monoisotopic (exact) mass is 449 g/mol. The lowest BCUT2D eigenvalue weighted by Gasteiger charge is -2.59. The van der Waals surface area contributed by atoms with Crippen LogP contribution in [0.1, 0.15) is 67.7 Å². The zero-order valence-electron chi connectivity index (χ0n) is 19.2. The number of phenols is 1. The Labute approximate surface area is 196 Å². The number of rotatable bonds is 4. The second-order valence-electron chi connectivity index (χ2n) is 10.5. The van der Waals surface area contributed by atoms with Gasteiger partial charge in [0.25, 0.3) is 0 Å². The van der Waals surface area contributed by atoms with Crippen molar-refractivity contribution < 1.29 is 20.1 Å². The van der Waals surface area contributed by atoms with Crippen LogP contribution in [0.15, 0.2) is 48.5 Å². The second kappa shape index (κ2) is 9.11. The number of hydrogen-bond donors (Lipinski definition) is 3. The van der Waals surface area contributed by atoms with E-state index >= 15 is 0 Å². The molecule has 2 aromatic rings. The molecule has 176 valence electrons. The van der Waals surface area contributed by atoms with E-state index in [1.807, 2.05) is 6.07 Å². The summed E-state index contributed by atoms with van der Waals surface area (Å²) in [6.45, 7) is 2.64. The molecule has 1 aliphatic heterocycles. The number of carboxylic acid groups (broad SMARTS) is 1. The van der Waals surface area contributed by atoms with Gasteiger partial charge in [0.05, 0.1) is 0 Å². The minimum absolute atomic E-state index is 0.384. The lowest BCUT2D eigenvalue weighted by Crippen LogP contribution is -2.61. The van der Waals surface area contributed by atoms with Gasteiger partial charge >= 0.3 is 5.97 Å². The Kier molecular flexibility index (Phi) is 6.19. The number of fused-ring (bicyclic) bond motifs is 1. The molecule has 0 unspecified atom stereocenters. The van der Waals surface area contributed by atoms with Crippen molar-refractivity contribution in [2.45, 2.75) is 68.9 Å². The lowest BCUT2D eigenvalue weighted by molar-refractivity contribution is -0.146.